The number of benzene rings is 2. The predicted molar refractivity (Wildman–Crippen MR) is 98.5 cm³/mol. The van der Waals surface area contributed by atoms with Gasteiger partial charge in [0, 0.05) is 16.7 Å². The molecule has 1 amide bonds. The lowest BCUT2D eigenvalue weighted by Gasteiger charge is -2.10. The smallest absolute Gasteiger partial charge is 0.255 e. The first-order valence-corrected chi connectivity index (χ1v) is 8.34. The molecule has 126 valence electrons. The molecule has 1 heterocycles. The monoisotopic (exact) mass is 400 g/mol. The summed E-state index contributed by atoms with van der Waals surface area (Å²) in [5.41, 5.74) is 1.40. The van der Waals surface area contributed by atoms with Crippen LogP contribution >= 0.6 is 15.9 Å². The highest BCUT2D eigenvalue weighted by Gasteiger charge is 2.08. The van der Waals surface area contributed by atoms with Crippen LogP contribution in [0.25, 0.3) is 5.69 Å². The first-order valence-electron chi connectivity index (χ1n) is 7.55. The Morgan fingerprint density at radius 1 is 1.08 bits per heavy atom. The van der Waals surface area contributed by atoms with Crippen molar-refractivity contribution in [1.29, 1.82) is 0 Å². The van der Waals surface area contributed by atoms with Crippen molar-refractivity contribution in [3.63, 3.8) is 0 Å². The van der Waals surface area contributed by atoms with Gasteiger partial charge in [-0.05, 0) is 35.9 Å². The minimum Gasteiger partial charge on any atom is -0.324 e. The molecule has 3 rings (SSSR count). The molecule has 0 unspecified atom stereocenters. The van der Waals surface area contributed by atoms with Crippen LogP contribution in [0, 0.1) is 5.82 Å². The van der Waals surface area contributed by atoms with Crippen molar-refractivity contribution in [2.24, 2.45) is 0 Å². The van der Waals surface area contributed by atoms with Gasteiger partial charge in [-0.3, -0.25) is 14.2 Å². The largest absolute Gasteiger partial charge is 0.324 e. The third kappa shape index (κ3) is 4.22. The maximum absolute atomic E-state index is 13.4. The van der Waals surface area contributed by atoms with Gasteiger partial charge in [-0.15, -0.1) is 0 Å². The number of pyridine rings is 1. The zero-order valence-corrected chi connectivity index (χ0v) is 14.7. The number of amides is 1. The summed E-state index contributed by atoms with van der Waals surface area (Å²) >= 11 is 3.41. The van der Waals surface area contributed by atoms with E-state index in [-0.39, 0.29) is 17.9 Å². The van der Waals surface area contributed by atoms with E-state index < -0.39 is 5.82 Å². The van der Waals surface area contributed by atoms with Gasteiger partial charge in [0.25, 0.3) is 5.56 Å². The van der Waals surface area contributed by atoms with Crippen molar-refractivity contribution in [3.05, 3.63) is 93.1 Å². The Hall–Kier alpha value is -2.73. The molecule has 25 heavy (non-hydrogen) atoms. The number of halogens is 2. The van der Waals surface area contributed by atoms with Gasteiger partial charge in [0.1, 0.15) is 5.82 Å². The predicted octanol–water partition coefficient (Wildman–Crippen LogP) is 3.92. The second-order valence-corrected chi connectivity index (χ2v) is 6.28. The molecule has 0 saturated carbocycles. The zero-order chi connectivity index (χ0) is 17.8. The summed E-state index contributed by atoms with van der Waals surface area (Å²) < 4.78 is 15.5. The van der Waals surface area contributed by atoms with Crippen LogP contribution in [0.15, 0.2) is 76.1 Å². The van der Waals surface area contributed by atoms with Crippen molar-refractivity contribution in [2.75, 3.05) is 5.32 Å². The Bertz CT molecular complexity index is 985. The summed E-state index contributed by atoms with van der Waals surface area (Å²) in [5, 5.41) is 2.76. The Morgan fingerprint density at radius 3 is 2.64 bits per heavy atom. The van der Waals surface area contributed by atoms with E-state index in [0.29, 0.717) is 11.4 Å². The fraction of sp³-hybridized carbons (Fsp3) is 0.0526. The maximum Gasteiger partial charge on any atom is 0.255 e. The lowest BCUT2D eigenvalue weighted by Crippen LogP contribution is -2.20. The number of aromatic nitrogens is 1. The van der Waals surface area contributed by atoms with Crippen LogP contribution in [0.4, 0.5) is 10.1 Å². The molecule has 0 fully saturated rings. The van der Waals surface area contributed by atoms with E-state index >= 15 is 0 Å². The molecule has 3 aromatic rings. The molecule has 1 N–H and O–H groups in total. The highest BCUT2D eigenvalue weighted by molar-refractivity contribution is 9.10. The van der Waals surface area contributed by atoms with E-state index in [1.165, 1.54) is 41.1 Å². The average molecular weight is 401 g/mol. The molecule has 6 heteroatoms. The summed E-state index contributed by atoms with van der Waals surface area (Å²) in [6.45, 7) is 0. The van der Waals surface area contributed by atoms with Gasteiger partial charge < -0.3 is 5.32 Å². The summed E-state index contributed by atoms with van der Waals surface area (Å²) in [4.78, 5) is 24.3. The highest BCUT2D eigenvalue weighted by atomic mass is 79.9. The summed E-state index contributed by atoms with van der Waals surface area (Å²) in [5.74, 6) is -0.649. The molecular weight excluding hydrogens is 387 g/mol. The average Bonchev–Trinajstić information content (AvgIpc) is 2.58. The van der Waals surface area contributed by atoms with Gasteiger partial charge in [-0.1, -0.05) is 40.2 Å². The SMILES string of the molecule is O=C(Cc1ccccc1Br)Nc1ccc(=O)n(-c2cccc(F)c2)c1. The third-order valence-electron chi connectivity index (χ3n) is 3.59. The Balaban J connectivity index is 1.82. The number of nitrogens with zero attached hydrogens (tertiary/aromatic N) is 1. The molecule has 0 aliphatic rings. The first-order chi connectivity index (χ1) is 12.0. The highest BCUT2D eigenvalue weighted by Crippen LogP contribution is 2.17. The number of nitrogens with one attached hydrogen (secondary N) is 1. The number of hydrogen-bond acceptors (Lipinski definition) is 2. The topological polar surface area (TPSA) is 51.1 Å². The summed E-state index contributed by atoms with van der Waals surface area (Å²) in [6.07, 6.45) is 1.68. The Morgan fingerprint density at radius 2 is 1.88 bits per heavy atom. The normalized spacial score (nSPS) is 10.5. The van der Waals surface area contributed by atoms with Crippen molar-refractivity contribution >= 4 is 27.5 Å². The summed E-state index contributed by atoms with van der Waals surface area (Å²) in [7, 11) is 0. The Labute approximate surface area is 152 Å². The van der Waals surface area contributed by atoms with Gasteiger partial charge in [0.05, 0.1) is 17.8 Å². The second-order valence-electron chi connectivity index (χ2n) is 5.42. The molecule has 1 aromatic heterocycles. The number of hydrogen-bond donors (Lipinski definition) is 1. The van der Waals surface area contributed by atoms with Crippen molar-refractivity contribution in [3.8, 4) is 5.69 Å². The van der Waals surface area contributed by atoms with Gasteiger partial charge in [0.15, 0.2) is 0 Å². The molecule has 4 nitrogen and oxygen atoms in total. The molecule has 0 aliphatic heterocycles. The first kappa shape index (κ1) is 17.1. The standard InChI is InChI=1S/C19H14BrFN2O2/c20-17-7-2-1-4-13(17)10-18(24)22-15-8-9-19(25)23(12-15)16-6-3-5-14(21)11-16/h1-9,11-12H,10H2,(H,22,24). The molecule has 0 radical (unpaired) electrons. The minimum atomic E-state index is -0.437. The number of anilines is 1. The van der Waals surface area contributed by atoms with E-state index in [1.807, 2.05) is 24.3 Å². The van der Waals surface area contributed by atoms with E-state index in [2.05, 4.69) is 21.2 Å². The van der Waals surface area contributed by atoms with E-state index in [1.54, 1.807) is 6.07 Å². The molecule has 0 aliphatic carbocycles. The minimum absolute atomic E-state index is 0.195. The van der Waals surface area contributed by atoms with Crippen molar-refractivity contribution in [2.45, 2.75) is 6.42 Å². The van der Waals surface area contributed by atoms with Gasteiger partial charge in [-0.2, -0.15) is 0 Å². The van der Waals surface area contributed by atoms with Crippen LogP contribution in [0.5, 0.6) is 0 Å². The second kappa shape index (κ2) is 7.44. The fourth-order valence-electron chi connectivity index (χ4n) is 2.41. The molecule has 0 atom stereocenters. The quantitative estimate of drug-likeness (QED) is 0.721. The number of rotatable bonds is 4. The molecule has 0 bridgehead atoms. The number of carbonyl (C=O) groups excluding carboxylic acids is 1. The van der Waals surface area contributed by atoms with Crippen LogP contribution in [0.3, 0.4) is 0 Å². The maximum atomic E-state index is 13.4. The van der Waals surface area contributed by atoms with E-state index in [9.17, 15) is 14.0 Å². The van der Waals surface area contributed by atoms with Gasteiger partial charge in [0.2, 0.25) is 5.91 Å². The third-order valence-corrected chi connectivity index (χ3v) is 4.36. The van der Waals surface area contributed by atoms with Crippen molar-refractivity contribution in [1.82, 2.24) is 4.57 Å². The van der Waals surface area contributed by atoms with Crippen LogP contribution in [0.2, 0.25) is 0 Å². The van der Waals surface area contributed by atoms with E-state index in [0.717, 1.165) is 10.0 Å². The zero-order valence-electron chi connectivity index (χ0n) is 13.1. The molecule has 2 aromatic carbocycles. The van der Waals surface area contributed by atoms with Gasteiger partial charge >= 0.3 is 0 Å². The fourth-order valence-corrected chi connectivity index (χ4v) is 2.83. The molecular formula is C19H14BrFN2O2. The van der Waals surface area contributed by atoms with Gasteiger partial charge in [-0.25, -0.2) is 4.39 Å². The summed E-state index contributed by atoms with van der Waals surface area (Å²) in [6, 6.07) is 16.0. The lowest BCUT2D eigenvalue weighted by molar-refractivity contribution is -0.115. The number of carbonyl (C=O) groups is 1. The van der Waals surface area contributed by atoms with Crippen LogP contribution in [-0.4, -0.2) is 10.5 Å². The van der Waals surface area contributed by atoms with Crippen LogP contribution in [0.1, 0.15) is 5.56 Å². The van der Waals surface area contributed by atoms with Crippen LogP contribution < -0.4 is 10.9 Å². The van der Waals surface area contributed by atoms with E-state index in [4.69, 9.17) is 0 Å². The van der Waals surface area contributed by atoms with Crippen LogP contribution in [-0.2, 0) is 11.2 Å². The van der Waals surface area contributed by atoms with Crippen molar-refractivity contribution < 1.29 is 9.18 Å². The Kier molecular flexibility index (Phi) is 5.09. The lowest BCUT2D eigenvalue weighted by atomic mass is 10.1. The molecule has 0 spiro atoms. The molecule has 0 saturated heterocycles.